The number of aromatic nitrogens is 3. The number of pyridine rings is 1. The first-order valence-electron chi connectivity index (χ1n) is 9.87. The molecule has 0 aliphatic heterocycles. The number of nitrogens with zero attached hydrogens (tertiary/aromatic N) is 4. The second kappa shape index (κ2) is 9.22. The van der Waals surface area contributed by atoms with Crippen molar-refractivity contribution < 1.29 is 22.4 Å². The van der Waals surface area contributed by atoms with Crippen LogP contribution in [0.5, 0.6) is 0 Å². The number of alkyl halides is 3. The molecular formula is C23H16ClF4N5O. The van der Waals surface area contributed by atoms with Gasteiger partial charge >= 0.3 is 6.18 Å². The molecule has 0 atom stereocenters. The van der Waals surface area contributed by atoms with Gasteiger partial charge in [-0.3, -0.25) is 9.78 Å². The number of carbonyl (C=O) groups excluding carboxylic acids is 1. The topological polar surface area (TPSA) is 71.0 Å². The molecule has 4 rings (SSSR count). The Labute approximate surface area is 196 Å². The second-order valence-corrected chi connectivity index (χ2v) is 7.81. The normalized spacial score (nSPS) is 11.5. The summed E-state index contributed by atoms with van der Waals surface area (Å²) in [6.45, 7) is -1.39. The van der Waals surface area contributed by atoms with Crippen molar-refractivity contribution in [2.24, 2.45) is 0 Å². The van der Waals surface area contributed by atoms with Crippen molar-refractivity contribution in [3.63, 3.8) is 0 Å². The van der Waals surface area contributed by atoms with E-state index in [0.717, 1.165) is 7.05 Å². The molecule has 0 unspecified atom stereocenters. The first-order chi connectivity index (χ1) is 16.1. The molecule has 0 saturated carbocycles. The molecule has 34 heavy (non-hydrogen) atoms. The standard InChI is InChI=1S/C23H16ClF4N5O/c1-33(12-23(26,27)28)22(34)13-4-7-19-16(9-13)21(30-15-5-6-18(25)17(24)10-15)32-20(31-19)14-3-2-8-29-11-14/h2-11H,12H2,1H3,(H,30,31,32). The van der Waals surface area contributed by atoms with Crippen LogP contribution in [-0.2, 0) is 0 Å². The highest BCUT2D eigenvalue weighted by Crippen LogP contribution is 2.30. The van der Waals surface area contributed by atoms with E-state index in [1.807, 2.05) is 0 Å². The summed E-state index contributed by atoms with van der Waals surface area (Å²) in [5.74, 6) is -0.841. The van der Waals surface area contributed by atoms with Crippen molar-refractivity contribution in [1.29, 1.82) is 0 Å². The number of carbonyl (C=O) groups is 1. The summed E-state index contributed by atoms with van der Waals surface area (Å²) in [4.78, 5) is 26.3. The third-order valence-corrected chi connectivity index (χ3v) is 5.10. The Morgan fingerprint density at radius 1 is 1.12 bits per heavy atom. The van der Waals surface area contributed by atoms with Crippen LogP contribution in [0.25, 0.3) is 22.3 Å². The van der Waals surface area contributed by atoms with Crippen molar-refractivity contribution in [3.05, 3.63) is 77.3 Å². The van der Waals surface area contributed by atoms with Crippen LogP contribution in [0.4, 0.5) is 29.1 Å². The Morgan fingerprint density at radius 3 is 2.59 bits per heavy atom. The molecule has 1 amide bonds. The summed E-state index contributed by atoms with van der Waals surface area (Å²) >= 11 is 5.88. The maximum absolute atomic E-state index is 13.6. The van der Waals surface area contributed by atoms with Gasteiger partial charge in [-0.2, -0.15) is 13.2 Å². The van der Waals surface area contributed by atoms with Gasteiger partial charge < -0.3 is 10.2 Å². The van der Waals surface area contributed by atoms with E-state index in [1.54, 1.807) is 24.5 Å². The van der Waals surface area contributed by atoms with Gasteiger partial charge in [-0.15, -0.1) is 0 Å². The number of halogens is 5. The first kappa shape index (κ1) is 23.4. The predicted molar refractivity (Wildman–Crippen MR) is 120 cm³/mol. The van der Waals surface area contributed by atoms with Crippen molar-refractivity contribution in [1.82, 2.24) is 19.9 Å². The van der Waals surface area contributed by atoms with Gasteiger partial charge in [-0.1, -0.05) is 11.6 Å². The Balaban J connectivity index is 1.81. The van der Waals surface area contributed by atoms with Gasteiger partial charge in [-0.05, 0) is 48.5 Å². The lowest BCUT2D eigenvalue weighted by Gasteiger charge is -2.19. The van der Waals surface area contributed by atoms with E-state index in [0.29, 0.717) is 32.9 Å². The lowest BCUT2D eigenvalue weighted by Crippen LogP contribution is -2.35. The maximum atomic E-state index is 13.6. The van der Waals surface area contributed by atoms with E-state index >= 15 is 0 Å². The smallest absolute Gasteiger partial charge is 0.340 e. The van der Waals surface area contributed by atoms with Crippen LogP contribution in [0.1, 0.15) is 10.4 Å². The molecule has 2 aromatic carbocycles. The number of fused-ring (bicyclic) bond motifs is 1. The first-order valence-corrected chi connectivity index (χ1v) is 10.2. The highest BCUT2D eigenvalue weighted by atomic mass is 35.5. The molecule has 0 fully saturated rings. The summed E-state index contributed by atoms with van der Waals surface area (Å²) < 4.78 is 51.8. The van der Waals surface area contributed by atoms with E-state index < -0.39 is 24.4 Å². The minimum atomic E-state index is -4.53. The molecule has 11 heteroatoms. The van der Waals surface area contributed by atoms with Crippen molar-refractivity contribution in [2.75, 3.05) is 18.9 Å². The average molecular weight is 490 g/mol. The van der Waals surface area contributed by atoms with Gasteiger partial charge in [0.15, 0.2) is 5.82 Å². The lowest BCUT2D eigenvalue weighted by molar-refractivity contribution is -0.138. The molecule has 4 aromatic rings. The van der Waals surface area contributed by atoms with Crippen molar-refractivity contribution in [3.8, 4) is 11.4 Å². The Bertz CT molecular complexity index is 1370. The number of nitrogens with one attached hydrogen (secondary N) is 1. The molecule has 0 aliphatic carbocycles. The molecule has 0 bridgehead atoms. The molecule has 6 nitrogen and oxygen atoms in total. The SMILES string of the molecule is CN(CC(F)(F)F)C(=O)c1ccc2nc(-c3cccnc3)nc(Nc3ccc(F)c(Cl)c3)c2c1. The summed E-state index contributed by atoms with van der Waals surface area (Å²) in [7, 11) is 1.07. The Hall–Kier alpha value is -3.79. The van der Waals surface area contributed by atoms with E-state index in [-0.39, 0.29) is 16.4 Å². The van der Waals surface area contributed by atoms with Crippen LogP contribution in [0, 0.1) is 5.82 Å². The molecule has 0 saturated heterocycles. The van der Waals surface area contributed by atoms with E-state index in [1.165, 1.54) is 36.4 Å². The highest BCUT2D eigenvalue weighted by Gasteiger charge is 2.31. The monoisotopic (exact) mass is 489 g/mol. The number of rotatable bonds is 5. The van der Waals surface area contributed by atoms with Gasteiger partial charge in [0.2, 0.25) is 0 Å². The van der Waals surface area contributed by atoms with Crippen LogP contribution < -0.4 is 5.32 Å². The van der Waals surface area contributed by atoms with E-state index in [4.69, 9.17) is 11.6 Å². The van der Waals surface area contributed by atoms with Crippen molar-refractivity contribution >= 4 is 39.9 Å². The Kier molecular flexibility index (Phi) is 6.34. The summed E-state index contributed by atoms with van der Waals surface area (Å²) in [5, 5.41) is 3.29. The molecule has 1 N–H and O–H groups in total. The fourth-order valence-corrected chi connectivity index (χ4v) is 3.43. The maximum Gasteiger partial charge on any atom is 0.406 e. The van der Waals surface area contributed by atoms with E-state index in [2.05, 4.69) is 20.3 Å². The zero-order valence-electron chi connectivity index (χ0n) is 17.6. The van der Waals surface area contributed by atoms with Crippen LogP contribution >= 0.6 is 11.6 Å². The number of amides is 1. The number of hydrogen-bond acceptors (Lipinski definition) is 5. The van der Waals surface area contributed by atoms with Gasteiger partial charge in [-0.25, -0.2) is 14.4 Å². The average Bonchev–Trinajstić information content (AvgIpc) is 2.80. The largest absolute Gasteiger partial charge is 0.406 e. The zero-order chi connectivity index (χ0) is 24.5. The summed E-state index contributed by atoms with van der Waals surface area (Å²) in [5.41, 5.74) is 1.49. The van der Waals surface area contributed by atoms with Crippen LogP contribution in [-0.4, -0.2) is 45.5 Å². The predicted octanol–water partition coefficient (Wildman–Crippen LogP) is 5.86. The molecule has 2 aromatic heterocycles. The molecule has 174 valence electrons. The van der Waals surface area contributed by atoms with Crippen molar-refractivity contribution in [2.45, 2.75) is 6.18 Å². The molecular weight excluding hydrogens is 474 g/mol. The minimum absolute atomic E-state index is 0.0252. The van der Waals surface area contributed by atoms with Crippen LogP contribution in [0.15, 0.2) is 60.9 Å². The summed E-state index contributed by atoms with van der Waals surface area (Å²) in [6, 6.07) is 11.8. The Morgan fingerprint density at radius 2 is 1.91 bits per heavy atom. The fourth-order valence-electron chi connectivity index (χ4n) is 3.25. The van der Waals surface area contributed by atoms with Gasteiger partial charge in [0.05, 0.1) is 10.5 Å². The van der Waals surface area contributed by atoms with Gasteiger partial charge in [0.25, 0.3) is 5.91 Å². The van der Waals surface area contributed by atoms with E-state index in [9.17, 15) is 22.4 Å². The molecule has 0 spiro atoms. The fraction of sp³-hybridized carbons (Fsp3) is 0.130. The number of benzene rings is 2. The summed E-state index contributed by atoms with van der Waals surface area (Å²) in [6.07, 6.45) is -1.36. The third-order valence-electron chi connectivity index (χ3n) is 4.81. The minimum Gasteiger partial charge on any atom is -0.340 e. The second-order valence-electron chi connectivity index (χ2n) is 7.40. The number of hydrogen-bond donors (Lipinski definition) is 1. The number of anilines is 2. The lowest BCUT2D eigenvalue weighted by atomic mass is 10.1. The zero-order valence-corrected chi connectivity index (χ0v) is 18.3. The molecule has 0 radical (unpaired) electrons. The quantitative estimate of drug-likeness (QED) is 0.355. The van der Waals surface area contributed by atoms with Gasteiger partial charge in [0, 0.05) is 41.6 Å². The van der Waals surface area contributed by atoms with Gasteiger partial charge in [0.1, 0.15) is 18.2 Å². The molecule has 0 aliphatic rings. The molecule has 2 heterocycles. The third kappa shape index (κ3) is 5.23. The highest BCUT2D eigenvalue weighted by molar-refractivity contribution is 6.31. The van der Waals surface area contributed by atoms with Crippen LogP contribution in [0.2, 0.25) is 5.02 Å². The van der Waals surface area contributed by atoms with Crippen LogP contribution in [0.3, 0.4) is 0 Å².